The van der Waals surface area contributed by atoms with Crippen LogP contribution in [0, 0.1) is 0 Å². The van der Waals surface area contributed by atoms with Crippen LogP contribution in [0.5, 0.6) is 5.75 Å². The molecule has 4 aromatic carbocycles. The molecule has 42 heavy (non-hydrogen) atoms. The quantitative estimate of drug-likeness (QED) is 0.280. The molecule has 0 aliphatic carbocycles. The van der Waals surface area contributed by atoms with Crippen LogP contribution in [0.3, 0.4) is 0 Å². The maximum absolute atomic E-state index is 13.4. The predicted octanol–water partition coefficient (Wildman–Crippen LogP) is 4.77. The lowest BCUT2D eigenvalue weighted by molar-refractivity contribution is -0.128. The Hall–Kier alpha value is -4.47. The third-order valence-corrected chi connectivity index (χ3v) is 8.73. The van der Waals surface area contributed by atoms with Crippen LogP contribution in [0.1, 0.15) is 36.1 Å². The van der Waals surface area contributed by atoms with E-state index in [0.717, 1.165) is 16.7 Å². The highest BCUT2D eigenvalue weighted by Crippen LogP contribution is 2.33. The molecule has 1 heterocycles. The summed E-state index contributed by atoms with van der Waals surface area (Å²) in [5, 5.41) is 2.90. The minimum absolute atomic E-state index is 0.0962. The third kappa shape index (κ3) is 7.05. The van der Waals surface area contributed by atoms with Gasteiger partial charge in [0, 0.05) is 19.0 Å². The van der Waals surface area contributed by atoms with E-state index in [0.29, 0.717) is 24.4 Å². The van der Waals surface area contributed by atoms with Crippen molar-refractivity contribution in [2.24, 2.45) is 0 Å². The van der Waals surface area contributed by atoms with Gasteiger partial charge in [0.25, 0.3) is 5.91 Å². The molecule has 2 amide bonds. The lowest BCUT2D eigenvalue weighted by atomic mass is 10.1. The van der Waals surface area contributed by atoms with Crippen molar-refractivity contribution in [1.82, 2.24) is 10.0 Å². The van der Waals surface area contributed by atoms with Gasteiger partial charge in [-0.1, -0.05) is 84.9 Å². The Bertz CT molecular complexity index is 1630. The SMILES string of the molecule is C[C@@H](NS(=O)(=O)c1ccc(CCC(=O)N2C[C@H](C(=O)NCc3ccccc3)Oc3ccccc32)cc1)c1ccccc1. The molecule has 0 spiro atoms. The number of sulfonamides is 1. The van der Waals surface area contributed by atoms with Crippen molar-refractivity contribution in [3.63, 3.8) is 0 Å². The summed E-state index contributed by atoms with van der Waals surface area (Å²) in [6.07, 6.45) is -0.248. The molecule has 216 valence electrons. The molecule has 1 aliphatic rings. The number of carbonyl (C=O) groups excluding carboxylic acids is 2. The van der Waals surface area contributed by atoms with Gasteiger partial charge in [-0.25, -0.2) is 13.1 Å². The van der Waals surface area contributed by atoms with Gasteiger partial charge < -0.3 is 15.0 Å². The Labute approximate surface area is 246 Å². The molecule has 5 rings (SSSR count). The van der Waals surface area contributed by atoms with Gasteiger partial charge in [0.2, 0.25) is 15.9 Å². The number of aryl methyl sites for hydroxylation is 1. The Morgan fingerprint density at radius 2 is 1.50 bits per heavy atom. The maximum atomic E-state index is 13.4. The van der Waals surface area contributed by atoms with Crippen molar-refractivity contribution < 1.29 is 22.7 Å². The van der Waals surface area contributed by atoms with E-state index in [1.54, 1.807) is 54.3 Å². The topological polar surface area (TPSA) is 105 Å². The summed E-state index contributed by atoms with van der Waals surface area (Å²) in [4.78, 5) is 28.1. The summed E-state index contributed by atoms with van der Waals surface area (Å²) in [5.74, 6) is 0.0311. The van der Waals surface area contributed by atoms with E-state index >= 15 is 0 Å². The van der Waals surface area contributed by atoms with Crippen molar-refractivity contribution in [3.8, 4) is 5.75 Å². The molecule has 8 nitrogen and oxygen atoms in total. The summed E-state index contributed by atoms with van der Waals surface area (Å²) in [5.41, 5.74) is 3.29. The molecule has 1 aliphatic heterocycles. The molecule has 0 unspecified atom stereocenters. The highest BCUT2D eigenvalue weighted by Gasteiger charge is 2.33. The second-order valence-electron chi connectivity index (χ2n) is 10.2. The molecule has 0 aromatic heterocycles. The molecule has 2 atom stereocenters. The number of rotatable bonds is 10. The fourth-order valence-corrected chi connectivity index (χ4v) is 6.07. The summed E-state index contributed by atoms with van der Waals surface area (Å²) in [7, 11) is -3.72. The number of anilines is 1. The molecule has 9 heteroatoms. The number of para-hydroxylation sites is 2. The average molecular weight is 584 g/mol. The molecule has 0 radical (unpaired) electrons. The zero-order valence-electron chi connectivity index (χ0n) is 23.3. The zero-order valence-corrected chi connectivity index (χ0v) is 24.1. The van der Waals surface area contributed by atoms with Gasteiger partial charge in [0.1, 0.15) is 5.75 Å². The Morgan fingerprint density at radius 1 is 0.857 bits per heavy atom. The van der Waals surface area contributed by atoms with E-state index in [9.17, 15) is 18.0 Å². The van der Waals surface area contributed by atoms with Crippen LogP contribution in [0.15, 0.2) is 114 Å². The highest BCUT2D eigenvalue weighted by molar-refractivity contribution is 7.89. The van der Waals surface area contributed by atoms with Crippen LogP contribution in [-0.2, 0) is 32.6 Å². The van der Waals surface area contributed by atoms with Crippen LogP contribution >= 0.6 is 0 Å². The van der Waals surface area contributed by atoms with Crippen molar-refractivity contribution >= 4 is 27.5 Å². The van der Waals surface area contributed by atoms with E-state index in [-0.39, 0.29) is 35.7 Å². The van der Waals surface area contributed by atoms with Gasteiger partial charge in [0.15, 0.2) is 6.10 Å². The fourth-order valence-electron chi connectivity index (χ4n) is 4.84. The number of ether oxygens (including phenoxy) is 1. The number of benzene rings is 4. The van der Waals surface area contributed by atoms with Gasteiger partial charge in [0.05, 0.1) is 17.1 Å². The first-order valence-corrected chi connectivity index (χ1v) is 15.3. The number of carbonyl (C=O) groups is 2. The fraction of sp³-hybridized carbons (Fsp3) is 0.212. The Balaban J connectivity index is 1.20. The summed E-state index contributed by atoms with van der Waals surface area (Å²) in [6.45, 7) is 2.26. The predicted molar refractivity (Wildman–Crippen MR) is 161 cm³/mol. The van der Waals surface area contributed by atoms with Crippen LogP contribution in [0.2, 0.25) is 0 Å². The first kappa shape index (κ1) is 29.0. The second-order valence-corrected chi connectivity index (χ2v) is 11.9. The molecule has 0 fully saturated rings. The molecule has 2 N–H and O–H groups in total. The molecule has 0 saturated heterocycles. The van der Waals surface area contributed by atoms with E-state index < -0.39 is 16.1 Å². The molecule has 4 aromatic rings. The van der Waals surface area contributed by atoms with Crippen molar-refractivity contribution in [2.45, 2.75) is 43.4 Å². The van der Waals surface area contributed by atoms with Crippen molar-refractivity contribution in [3.05, 3.63) is 126 Å². The van der Waals surface area contributed by atoms with Crippen molar-refractivity contribution in [1.29, 1.82) is 0 Å². The van der Waals surface area contributed by atoms with E-state index in [4.69, 9.17) is 4.74 Å². The molecule has 0 bridgehead atoms. The number of nitrogens with one attached hydrogen (secondary N) is 2. The number of hydrogen-bond donors (Lipinski definition) is 2. The summed E-state index contributed by atoms with van der Waals surface area (Å²) >= 11 is 0. The van der Waals surface area contributed by atoms with Gasteiger partial charge in [-0.2, -0.15) is 0 Å². The Morgan fingerprint density at radius 3 is 2.21 bits per heavy atom. The normalized spacial score (nSPS) is 15.3. The minimum Gasteiger partial charge on any atom is -0.477 e. The van der Waals surface area contributed by atoms with Crippen LogP contribution < -0.4 is 19.7 Å². The maximum Gasteiger partial charge on any atom is 0.263 e. The third-order valence-electron chi connectivity index (χ3n) is 7.17. The molecule has 0 saturated carbocycles. The van der Waals surface area contributed by atoms with Gasteiger partial charge in [-0.05, 0) is 54.3 Å². The van der Waals surface area contributed by atoms with Gasteiger partial charge in [-0.3, -0.25) is 9.59 Å². The second kappa shape index (κ2) is 13.0. The highest BCUT2D eigenvalue weighted by atomic mass is 32.2. The summed E-state index contributed by atoms with van der Waals surface area (Å²) < 4.78 is 34.5. The zero-order chi connectivity index (χ0) is 29.5. The molecular formula is C33H33N3O5S. The van der Waals surface area contributed by atoms with E-state index in [1.165, 1.54) is 0 Å². The largest absolute Gasteiger partial charge is 0.477 e. The van der Waals surface area contributed by atoms with Crippen LogP contribution in [0.25, 0.3) is 0 Å². The lowest BCUT2D eigenvalue weighted by Gasteiger charge is -2.34. The number of amides is 2. The number of hydrogen-bond acceptors (Lipinski definition) is 5. The average Bonchev–Trinajstić information content (AvgIpc) is 3.02. The van der Waals surface area contributed by atoms with Crippen LogP contribution in [0.4, 0.5) is 5.69 Å². The minimum atomic E-state index is -3.72. The van der Waals surface area contributed by atoms with Crippen LogP contribution in [-0.4, -0.2) is 32.9 Å². The first-order chi connectivity index (χ1) is 20.3. The molecular weight excluding hydrogens is 550 g/mol. The van der Waals surface area contributed by atoms with E-state index in [1.807, 2.05) is 66.7 Å². The van der Waals surface area contributed by atoms with Crippen molar-refractivity contribution in [2.75, 3.05) is 11.4 Å². The lowest BCUT2D eigenvalue weighted by Crippen LogP contribution is -2.50. The van der Waals surface area contributed by atoms with Gasteiger partial charge in [-0.15, -0.1) is 0 Å². The van der Waals surface area contributed by atoms with E-state index in [2.05, 4.69) is 10.0 Å². The first-order valence-electron chi connectivity index (χ1n) is 13.8. The standard InChI is InChI=1S/C33H33N3O5S/c1-24(27-12-6-3-7-13-27)35-42(39,40)28-19-16-25(17-20-28)18-21-32(37)36-23-31(41-30-15-9-8-14-29(30)36)33(38)34-22-26-10-4-2-5-11-26/h2-17,19-20,24,31,35H,18,21-23H2,1H3,(H,34,38)/t24-,31-/m1/s1. The monoisotopic (exact) mass is 583 g/mol. The number of nitrogens with zero attached hydrogens (tertiary/aromatic N) is 1. The smallest absolute Gasteiger partial charge is 0.263 e. The van der Waals surface area contributed by atoms with Gasteiger partial charge >= 0.3 is 0 Å². The summed E-state index contributed by atoms with van der Waals surface area (Å²) in [6, 6.07) is 32.3. The Kier molecular flexibility index (Phi) is 9.00. The number of fused-ring (bicyclic) bond motifs is 1.